The van der Waals surface area contributed by atoms with Crippen LogP contribution in [0.4, 0.5) is 0 Å². The second kappa shape index (κ2) is 2.95. The number of H-pyrrole nitrogens is 1. The molecule has 14 heavy (non-hydrogen) atoms. The number of carboxylic acid groups (broad SMARTS) is 1. The van der Waals surface area contributed by atoms with Gasteiger partial charge in [-0.15, -0.1) is 0 Å². The SMILES string of the molecule is O=C(O)Cn1c(=O)[nH]c2cncnc21. The van der Waals surface area contributed by atoms with Gasteiger partial charge in [-0.25, -0.2) is 14.8 Å². The van der Waals surface area contributed by atoms with Crippen molar-refractivity contribution in [2.45, 2.75) is 6.54 Å². The summed E-state index contributed by atoms with van der Waals surface area (Å²) in [6, 6.07) is 0. The van der Waals surface area contributed by atoms with E-state index in [0.29, 0.717) is 11.2 Å². The van der Waals surface area contributed by atoms with E-state index in [9.17, 15) is 9.59 Å². The van der Waals surface area contributed by atoms with E-state index in [1.807, 2.05) is 0 Å². The van der Waals surface area contributed by atoms with E-state index in [0.717, 1.165) is 4.57 Å². The monoisotopic (exact) mass is 194 g/mol. The Morgan fingerprint density at radius 2 is 2.43 bits per heavy atom. The van der Waals surface area contributed by atoms with Crippen molar-refractivity contribution in [1.29, 1.82) is 0 Å². The highest BCUT2D eigenvalue weighted by atomic mass is 16.4. The predicted molar refractivity (Wildman–Crippen MR) is 45.8 cm³/mol. The third-order valence-electron chi connectivity index (χ3n) is 1.73. The first kappa shape index (κ1) is 8.42. The minimum absolute atomic E-state index is 0.299. The van der Waals surface area contributed by atoms with Crippen LogP contribution in [0.5, 0.6) is 0 Å². The maximum absolute atomic E-state index is 11.3. The fourth-order valence-corrected chi connectivity index (χ4v) is 1.19. The summed E-state index contributed by atoms with van der Waals surface area (Å²) in [5.41, 5.74) is 0.231. The quantitative estimate of drug-likeness (QED) is 0.652. The molecule has 2 aromatic rings. The molecule has 0 aliphatic carbocycles. The molecule has 7 nitrogen and oxygen atoms in total. The van der Waals surface area contributed by atoms with Crippen LogP contribution in [-0.2, 0) is 11.3 Å². The van der Waals surface area contributed by atoms with Gasteiger partial charge in [-0.3, -0.25) is 9.36 Å². The first-order valence-electron chi connectivity index (χ1n) is 3.79. The van der Waals surface area contributed by atoms with Crippen molar-refractivity contribution in [3.05, 3.63) is 23.0 Å². The number of imidazole rings is 1. The zero-order chi connectivity index (χ0) is 10.1. The molecule has 0 atom stereocenters. The summed E-state index contributed by atoms with van der Waals surface area (Å²) in [4.78, 5) is 31.7. The van der Waals surface area contributed by atoms with E-state index in [4.69, 9.17) is 5.11 Å². The van der Waals surface area contributed by atoms with E-state index in [1.54, 1.807) is 0 Å². The smallest absolute Gasteiger partial charge is 0.328 e. The Labute approximate surface area is 77.0 Å². The molecule has 2 rings (SSSR count). The average molecular weight is 194 g/mol. The summed E-state index contributed by atoms with van der Waals surface area (Å²) >= 11 is 0. The third kappa shape index (κ3) is 1.24. The largest absolute Gasteiger partial charge is 0.480 e. The zero-order valence-corrected chi connectivity index (χ0v) is 6.97. The van der Waals surface area contributed by atoms with Gasteiger partial charge in [0.15, 0.2) is 5.65 Å². The number of aromatic amines is 1. The molecule has 0 aliphatic heterocycles. The van der Waals surface area contributed by atoms with E-state index in [-0.39, 0.29) is 0 Å². The van der Waals surface area contributed by atoms with E-state index in [2.05, 4.69) is 15.0 Å². The Kier molecular flexibility index (Phi) is 1.77. The van der Waals surface area contributed by atoms with Crippen LogP contribution in [-0.4, -0.2) is 30.6 Å². The predicted octanol–water partition coefficient (Wildman–Crippen LogP) is -0.796. The first-order valence-corrected chi connectivity index (χ1v) is 3.79. The Hall–Kier alpha value is -2.18. The van der Waals surface area contributed by atoms with Crippen LogP contribution in [0, 0.1) is 0 Å². The van der Waals surface area contributed by atoms with Gasteiger partial charge in [-0.2, -0.15) is 0 Å². The molecule has 0 spiro atoms. The van der Waals surface area contributed by atoms with Crippen LogP contribution in [0.15, 0.2) is 17.3 Å². The number of hydrogen-bond acceptors (Lipinski definition) is 4. The van der Waals surface area contributed by atoms with Crippen LogP contribution >= 0.6 is 0 Å². The summed E-state index contributed by atoms with van der Waals surface area (Å²) in [6.07, 6.45) is 2.68. The van der Waals surface area contributed by atoms with Crippen LogP contribution < -0.4 is 5.69 Å². The lowest BCUT2D eigenvalue weighted by Gasteiger charge is -1.95. The van der Waals surface area contributed by atoms with Crippen molar-refractivity contribution in [1.82, 2.24) is 19.5 Å². The molecule has 0 saturated heterocycles. The van der Waals surface area contributed by atoms with E-state index < -0.39 is 18.2 Å². The Morgan fingerprint density at radius 3 is 3.14 bits per heavy atom. The molecule has 2 N–H and O–H groups in total. The maximum Gasteiger partial charge on any atom is 0.328 e. The summed E-state index contributed by atoms with van der Waals surface area (Å²) in [5.74, 6) is -1.09. The molecule has 7 heteroatoms. The Balaban J connectivity index is 2.68. The van der Waals surface area contributed by atoms with Crippen LogP contribution in [0.25, 0.3) is 11.2 Å². The number of hydrogen-bond donors (Lipinski definition) is 2. The number of carbonyl (C=O) groups is 1. The van der Waals surface area contributed by atoms with Gasteiger partial charge in [0.25, 0.3) is 0 Å². The number of carboxylic acids is 1. The Morgan fingerprint density at radius 1 is 1.64 bits per heavy atom. The third-order valence-corrected chi connectivity index (χ3v) is 1.73. The standard InChI is InChI=1S/C7H6N4O3/c12-5(13)2-11-6-4(10-7(11)14)1-8-3-9-6/h1,3H,2H2,(H,10,14)(H,12,13). The first-order chi connectivity index (χ1) is 6.68. The number of nitrogens with zero attached hydrogens (tertiary/aromatic N) is 3. The average Bonchev–Trinajstić information content (AvgIpc) is 2.43. The second-order valence-corrected chi connectivity index (χ2v) is 2.67. The molecular formula is C7H6N4O3. The summed E-state index contributed by atoms with van der Waals surface area (Å²) in [7, 11) is 0. The topological polar surface area (TPSA) is 101 Å². The summed E-state index contributed by atoms with van der Waals surface area (Å²) in [5, 5.41) is 8.55. The van der Waals surface area contributed by atoms with Gasteiger partial charge in [0, 0.05) is 0 Å². The highest BCUT2D eigenvalue weighted by Gasteiger charge is 2.09. The van der Waals surface area contributed by atoms with Gasteiger partial charge >= 0.3 is 11.7 Å². The molecule has 0 aromatic carbocycles. The molecule has 0 radical (unpaired) electrons. The van der Waals surface area contributed by atoms with Crippen LogP contribution in [0.1, 0.15) is 0 Å². The van der Waals surface area contributed by atoms with E-state index >= 15 is 0 Å². The van der Waals surface area contributed by atoms with Gasteiger partial charge in [-0.05, 0) is 0 Å². The molecule has 2 aromatic heterocycles. The highest BCUT2D eigenvalue weighted by Crippen LogP contribution is 2.02. The Bertz CT molecular complexity index is 541. The molecule has 0 unspecified atom stereocenters. The fourth-order valence-electron chi connectivity index (χ4n) is 1.19. The zero-order valence-electron chi connectivity index (χ0n) is 6.97. The van der Waals surface area contributed by atoms with Crippen molar-refractivity contribution < 1.29 is 9.90 Å². The van der Waals surface area contributed by atoms with Crippen LogP contribution in [0.3, 0.4) is 0 Å². The van der Waals surface area contributed by atoms with Gasteiger partial charge < -0.3 is 10.1 Å². The van der Waals surface area contributed by atoms with Gasteiger partial charge in [0.1, 0.15) is 18.4 Å². The van der Waals surface area contributed by atoms with Crippen molar-refractivity contribution in [2.24, 2.45) is 0 Å². The molecule has 72 valence electrons. The van der Waals surface area contributed by atoms with Crippen molar-refractivity contribution >= 4 is 17.1 Å². The molecule has 0 fully saturated rings. The van der Waals surface area contributed by atoms with Crippen LogP contribution in [0.2, 0.25) is 0 Å². The maximum atomic E-state index is 11.3. The lowest BCUT2D eigenvalue weighted by molar-refractivity contribution is -0.137. The highest BCUT2D eigenvalue weighted by molar-refractivity contribution is 5.73. The molecule has 0 aliphatic rings. The number of rotatable bonds is 2. The number of fused-ring (bicyclic) bond motifs is 1. The number of aromatic nitrogens is 4. The minimum atomic E-state index is -1.09. The van der Waals surface area contributed by atoms with Gasteiger partial charge in [0.2, 0.25) is 0 Å². The van der Waals surface area contributed by atoms with Crippen molar-refractivity contribution in [3.63, 3.8) is 0 Å². The number of nitrogens with one attached hydrogen (secondary N) is 1. The molecule has 0 amide bonds. The lowest BCUT2D eigenvalue weighted by atomic mass is 10.5. The second-order valence-electron chi connectivity index (χ2n) is 2.67. The van der Waals surface area contributed by atoms with Gasteiger partial charge in [0.05, 0.1) is 6.20 Å². The minimum Gasteiger partial charge on any atom is -0.480 e. The van der Waals surface area contributed by atoms with Crippen molar-refractivity contribution in [3.8, 4) is 0 Å². The summed E-state index contributed by atoms with van der Waals surface area (Å²) in [6.45, 7) is -0.407. The summed E-state index contributed by atoms with van der Waals surface area (Å²) < 4.78 is 1.04. The van der Waals surface area contributed by atoms with Crippen molar-refractivity contribution in [2.75, 3.05) is 0 Å². The molecule has 0 bridgehead atoms. The van der Waals surface area contributed by atoms with Gasteiger partial charge in [-0.1, -0.05) is 0 Å². The number of aliphatic carboxylic acids is 1. The van der Waals surface area contributed by atoms with E-state index in [1.165, 1.54) is 12.5 Å². The normalized spacial score (nSPS) is 10.6. The lowest BCUT2D eigenvalue weighted by Crippen LogP contribution is -2.21. The molecule has 0 saturated carbocycles. The molecular weight excluding hydrogens is 188 g/mol. The molecule has 2 heterocycles. The fraction of sp³-hybridized carbons (Fsp3) is 0.143.